The first-order chi connectivity index (χ1) is 16.4. The Bertz CT molecular complexity index is 1370. The molecule has 1 aromatic heterocycles. The monoisotopic (exact) mass is 485 g/mol. The molecule has 0 saturated heterocycles. The number of hydrogen-bond acceptors (Lipinski definition) is 5. The van der Waals surface area contributed by atoms with Gasteiger partial charge < -0.3 is 15.8 Å². The molecule has 34 heavy (non-hydrogen) atoms. The highest BCUT2D eigenvalue weighted by Gasteiger charge is 2.15. The lowest BCUT2D eigenvalue weighted by Gasteiger charge is -2.13. The van der Waals surface area contributed by atoms with E-state index < -0.39 is 12.1 Å². The minimum Gasteiger partial charge on any atom is -0.496 e. The average molecular weight is 486 g/mol. The van der Waals surface area contributed by atoms with Crippen molar-refractivity contribution in [3.8, 4) is 22.8 Å². The molecule has 0 saturated carbocycles. The van der Waals surface area contributed by atoms with Gasteiger partial charge in [0.15, 0.2) is 5.82 Å². The van der Waals surface area contributed by atoms with Gasteiger partial charge in [0.05, 0.1) is 17.8 Å². The standard InChI is InChI=1S/C24H22ClF2N5O2/c1-34-21-11-18(7-6-16(21)13-29-17-4-2-3-15(10-17)22(26)27)32-24(33)30-23(31-32)19-9-14(12-28)5-8-20(19)25/h2-11,22,29H,12-13,28H2,1H3,(H,30,31,33). The number of ether oxygens (including phenoxy) is 1. The van der Waals surface area contributed by atoms with E-state index in [1.54, 1.807) is 42.5 Å². The van der Waals surface area contributed by atoms with Crippen LogP contribution in [0.3, 0.4) is 0 Å². The SMILES string of the molecule is COc1cc(-n2nc(-c3cc(CN)ccc3Cl)[nH]c2=O)ccc1CNc1cccc(C(F)F)c1. The van der Waals surface area contributed by atoms with E-state index in [0.717, 1.165) is 11.1 Å². The molecule has 0 unspecified atom stereocenters. The van der Waals surface area contributed by atoms with Gasteiger partial charge in [-0.2, -0.15) is 4.68 Å². The van der Waals surface area contributed by atoms with Crippen LogP contribution in [0.15, 0.2) is 65.5 Å². The number of nitrogens with two attached hydrogens (primary N) is 1. The summed E-state index contributed by atoms with van der Waals surface area (Å²) in [7, 11) is 1.51. The highest BCUT2D eigenvalue weighted by molar-refractivity contribution is 6.33. The maximum atomic E-state index is 12.9. The molecule has 0 bridgehead atoms. The molecular weight excluding hydrogens is 464 g/mol. The fourth-order valence-corrected chi connectivity index (χ4v) is 3.70. The van der Waals surface area contributed by atoms with E-state index in [2.05, 4.69) is 15.4 Å². The van der Waals surface area contributed by atoms with Crippen LogP contribution in [0.1, 0.15) is 23.1 Å². The quantitative estimate of drug-likeness (QED) is 0.330. The number of nitrogens with zero attached hydrogens (tertiary/aromatic N) is 2. The van der Waals surface area contributed by atoms with Crippen molar-refractivity contribution < 1.29 is 13.5 Å². The van der Waals surface area contributed by atoms with Gasteiger partial charge in [-0.1, -0.05) is 35.9 Å². The van der Waals surface area contributed by atoms with Crippen LogP contribution < -0.4 is 21.5 Å². The second-order valence-corrected chi connectivity index (χ2v) is 7.89. The molecule has 4 aromatic rings. The number of anilines is 1. The Balaban J connectivity index is 1.60. The largest absolute Gasteiger partial charge is 0.496 e. The summed E-state index contributed by atoms with van der Waals surface area (Å²) in [4.78, 5) is 15.3. The molecule has 0 aliphatic rings. The molecule has 7 nitrogen and oxygen atoms in total. The van der Waals surface area contributed by atoms with Crippen LogP contribution in [0.2, 0.25) is 5.02 Å². The average Bonchev–Trinajstić information content (AvgIpc) is 3.24. The predicted octanol–water partition coefficient (Wildman–Crippen LogP) is 4.90. The van der Waals surface area contributed by atoms with Gasteiger partial charge >= 0.3 is 5.69 Å². The number of aromatic amines is 1. The number of benzene rings is 3. The van der Waals surface area contributed by atoms with Crippen LogP contribution in [0.5, 0.6) is 5.75 Å². The molecule has 0 aliphatic heterocycles. The summed E-state index contributed by atoms with van der Waals surface area (Å²) in [6.07, 6.45) is -2.54. The molecule has 3 aromatic carbocycles. The molecule has 10 heteroatoms. The van der Waals surface area contributed by atoms with E-state index in [0.29, 0.717) is 46.6 Å². The van der Waals surface area contributed by atoms with Crippen molar-refractivity contribution in [1.82, 2.24) is 14.8 Å². The summed E-state index contributed by atoms with van der Waals surface area (Å²) < 4.78 is 32.6. The summed E-state index contributed by atoms with van der Waals surface area (Å²) in [5, 5.41) is 7.95. The Morgan fingerprint density at radius 2 is 2.00 bits per heavy atom. The normalized spacial score (nSPS) is 11.1. The molecule has 0 fully saturated rings. The number of nitrogens with one attached hydrogen (secondary N) is 2. The fraction of sp³-hybridized carbons (Fsp3) is 0.167. The van der Waals surface area contributed by atoms with Crippen LogP contribution in [0, 0.1) is 0 Å². The Hall–Kier alpha value is -3.69. The van der Waals surface area contributed by atoms with E-state index in [1.165, 1.54) is 23.9 Å². The maximum Gasteiger partial charge on any atom is 0.348 e. The fourth-order valence-electron chi connectivity index (χ4n) is 3.49. The second kappa shape index (κ2) is 10.1. The van der Waals surface area contributed by atoms with Gasteiger partial charge in [0, 0.05) is 41.5 Å². The number of rotatable bonds is 8. The van der Waals surface area contributed by atoms with Crippen molar-refractivity contribution in [2.24, 2.45) is 5.73 Å². The van der Waals surface area contributed by atoms with Gasteiger partial charge in [-0.3, -0.25) is 4.98 Å². The smallest absolute Gasteiger partial charge is 0.348 e. The molecule has 0 radical (unpaired) electrons. The van der Waals surface area contributed by atoms with Gasteiger partial charge in [0.1, 0.15) is 5.75 Å². The minimum absolute atomic E-state index is 0.0573. The van der Waals surface area contributed by atoms with Crippen LogP contribution in [-0.4, -0.2) is 21.9 Å². The number of halogens is 3. The summed E-state index contributed by atoms with van der Waals surface area (Å²) in [5.74, 6) is 0.823. The first kappa shape index (κ1) is 23.5. The van der Waals surface area contributed by atoms with Crippen molar-refractivity contribution in [3.05, 3.63) is 92.9 Å². The topological polar surface area (TPSA) is 98.0 Å². The third kappa shape index (κ3) is 4.95. The summed E-state index contributed by atoms with van der Waals surface area (Å²) >= 11 is 6.30. The third-order valence-electron chi connectivity index (χ3n) is 5.28. The zero-order valence-electron chi connectivity index (χ0n) is 18.2. The highest BCUT2D eigenvalue weighted by atomic mass is 35.5. The van der Waals surface area contributed by atoms with E-state index in [9.17, 15) is 13.6 Å². The zero-order valence-corrected chi connectivity index (χ0v) is 18.9. The highest BCUT2D eigenvalue weighted by Crippen LogP contribution is 2.28. The third-order valence-corrected chi connectivity index (χ3v) is 5.61. The van der Waals surface area contributed by atoms with Crippen molar-refractivity contribution in [3.63, 3.8) is 0 Å². The van der Waals surface area contributed by atoms with Crippen LogP contribution >= 0.6 is 11.6 Å². The van der Waals surface area contributed by atoms with Crippen molar-refractivity contribution in [2.75, 3.05) is 12.4 Å². The molecule has 0 amide bonds. The molecule has 1 heterocycles. The van der Waals surface area contributed by atoms with E-state index in [-0.39, 0.29) is 5.56 Å². The Labute approximate surface area is 199 Å². The molecular formula is C24H22ClF2N5O2. The number of aromatic nitrogens is 3. The van der Waals surface area contributed by atoms with Gasteiger partial charge in [0.2, 0.25) is 0 Å². The Morgan fingerprint density at radius 3 is 2.74 bits per heavy atom. The van der Waals surface area contributed by atoms with Crippen LogP contribution in [-0.2, 0) is 13.1 Å². The molecule has 4 rings (SSSR count). The van der Waals surface area contributed by atoms with Gasteiger partial charge in [0.25, 0.3) is 6.43 Å². The lowest BCUT2D eigenvalue weighted by Crippen LogP contribution is -2.16. The Morgan fingerprint density at radius 1 is 1.18 bits per heavy atom. The predicted molar refractivity (Wildman–Crippen MR) is 128 cm³/mol. The molecule has 0 spiro atoms. The zero-order chi connectivity index (χ0) is 24.2. The number of alkyl halides is 2. The molecule has 0 atom stereocenters. The lowest BCUT2D eigenvalue weighted by atomic mass is 10.1. The summed E-state index contributed by atoms with van der Waals surface area (Å²) in [6.45, 7) is 0.659. The maximum absolute atomic E-state index is 12.9. The van der Waals surface area contributed by atoms with Crippen molar-refractivity contribution in [2.45, 2.75) is 19.5 Å². The van der Waals surface area contributed by atoms with Crippen LogP contribution in [0.4, 0.5) is 14.5 Å². The Kier molecular flexibility index (Phi) is 6.95. The number of H-pyrrole nitrogens is 1. The summed E-state index contributed by atoms with van der Waals surface area (Å²) in [5.41, 5.74) is 8.45. The number of hydrogen-bond donors (Lipinski definition) is 3. The molecule has 176 valence electrons. The van der Waals surface area contributed by atoms with Gasteiger partial charge in [-0.25, -0.2) is 13.6 Å². The minimum atomic E-state index is -2.54. The van der Waals surface area contributed by atoms with E-state index in [1.807, 2.05) is 6.07 Å². The first-order valence-electron chi connectivity index (χ1n) is 10.4. The van der Waals surface area contributed by atoms with Crippen LogP contribution in [0.25, 0.3) is 17.1 Å². The van der Waals surface area contributed by atoms with Gasteiger partial charge in [-0.15, -0.1) is 5.10 Å². The second-order valence-electron chi connectivity index (χ2n) is 7.48. The van der Waals surface area contributed by atoms with E-state index >= 15 is 0 Å². The van der Waals surface area contributed by atoms with Crippen molar-refractivity contribution >= 4 is 17.3 Å². The van der Waals surface area contributed by atoms with Crippen molar-refractivity contribution in [1.29, 1.82) is 0 Å². The first-order valence-corrected chi connectivity index (χ1v) is 10.7. The molecule has 4 N–H and O–H groups in total. The number of methoxy groups -OCH3 is 1. The molecule has 0 aliphatic carbocycles. The van der Waals surface area contributed by atoms with Gasteiger partial charge in [-0.05, 0) is 35.9 Å². The summed E-state index contributed by atoms with van der Waals surface area (Å²) in [6, 6.07) is 16.5. The van der Waals surface area contributed by atoms with E-state index in [4.69, 9.17) is 22.1 Å². The lowest BCUT2D eigenvalue weighted by molar-refractivity contribution is 0.151.